The van der Waals surface area contributed by atoms with Crippen molar-refractivity contribution in [1.29, 1.82) is 0 Å². The smallest absolute Gasteiger partial charge is 0.0942 e. The number of aliphatic hydroxyl groups is 1. The van der Waals surface area contributed by atoms with Gasteiger partial charge in [0.05, 0.1) is 12.2 Å². The molecule has 0 radical (unpaired) electrons. The molecule has 1 aromatic carbocycles. The predicted octanol–water partition coefficient (Wildman–Crippen LogP) is 2.75. The van der Waals surface area contributed by atoms with Gasteiger partial charge in [0.15, 0.2) is 0 Å². The van der Waals surface area contributed by atoms with Crippen LogP contribution in [-0.4, -0.2) is 24.4 Å². The molecule has 1 atom stereocenters. The number of fused-ring (bicyclic) bond motifs is 1. The first-order valence-electron chi connectivity index (χ1n) is 6.87. The third-order valence-electron chi connectivity index (χ3n) is 4.14. The van der Waals surface area contributed by atoms with Gasteiger partial charge in [-0.15, -0.1) is 0 Å². The maximum absolute atomic E-state index is 10.7. The van der Waals surface area contributed by atoms with Crippen molar-refractivity contribution in [2.45, 2.75) is 45.1 Å². The van der Waals surface area contributed by atoms with Crippen LogP contribution in [0.5, 0.6) is 0 Å². The van der Waals surface area contributed by atoms with Crippen molar-refractivity contribution in [3.05, 3.63) is 34.9 Å². The van der Waals surface area contributed by atoms with E-state index in [4.69, 9.17) is 4.74 Å². The maximum atomic E-state index is 10.7. The van der Waals surface area contributed by atoms with E-state index in [1.165, 1.54) is 36.0 Å². The normalized spacial score (nSPS) is 17.8. The molecule has 2 rings (SSSR count). The van der Waals surface area contributed by atoms with E-state index in [1.807, 2.05) is 13.8 Å². The Morgan fingerprint density at radius 1 is 1.28 bits per heavy atom. The fourth-order valence-corrected chi connectivity index (χ4v) is 2.76. The lowest BCUT2D eigenvalue weighted by Gasteiger charge is -2.31. The van der Waals surface area contributed by atoms with Crippen molar-refractivity contribution in [1.82, 2.24) is 0 Å². The molecule has 0 amide bonds. The number of hydrogen-bond donors (Lipinski definition) is 1. The van der Waals surface area contributed by atoms with E-state index >= 15 is 0 Å². The van der Waals surface area contributed by atoms with Crippen molar-refractivity contribution < 1.29 is 9.84 Å². The summed E-state index contributed by atoms with van der Waals surface area (Å²) >= 11 is 0. The Labute approximate surface area is 110 Å². The van der Waals surface area contributed by atoms with E-state index in [9.17, 15) is 5.11 Å². The number of aryl methyl sites for hydroxylation is 2. The highest BCUT2D eigenvalue weighted by Gasteiger charge is 2.31. The Balaban J connectivity index is 2.16. The average Bonchev–Trinajstić information content (AvgIpc) is 2.76. The summed E-state index contributed by atoms with van der Waals surface area (Å²) in [7, 11) is 1.65. The Kier molecular flexibility index (Phi) is 4.08. The molecule has 18 heavy (non-hydrogen) atoms. The minimum Gasteiger partial charge on any atom is -0.387 e. The minimum absolute atomic E-state index is 0.186. The summed E-state index contributed by atoms with van der Waals surface area (Å²) in [6.07, 6.45) is 4.34. The summed E-state index contributed by atoms with van der Waals surface area (Å²) in [6, 6.07) is 6.66. The second-order valence-corrected chi connectivity index (χ2v) is 5.82. The van der Waals surface area contributed by atoms with Gasteiger partial charge < -0.3 is 9.84 Å². The summed E-state index contributed by atoms with van der Waals surface area (Å²) in [4.78, 5) is 0. The molecule has 0 spiro atoms. The molecular formula is C16H24O2. The first-order chi connectivity index (χ1) is 8.55. The Morgan fingerprint density at radius 2 is 2.00 bits per heavy atom. The van der Waals surface area contributed by atoms with Crippen LogP contribution >= 0.6 is 0 Å². The fourth-order valence-electron chi connectivity index (χ4n) is 2.76. The summed E-state index contributed by atoms with van der Waals surface area (Å²) in [5.41, 5.74) is 3.42. The molecule has 2 nitrogen and oxygen atoms in total. The van der Waals surface area contributed by atoms with Crippen LogP contribution in [0.25, 0.3) is 0 Å². The van der Waals surface area contributed by atoms with Gasteiger partial charge in [0, 0.05) is 13.5 Å². The molecule has 2 heteroatoms. The van der Waals surface area contributed by atoms with Crippen molar-refractivity contribution in [3.63, 3.8) is 0 Å². The second-order valence-electron chi connectivity index (χ2n) is 5.82. The van der Waals surface area contributed by atoms with Gasteiger partial charge in [-0.25, -0.2) is 0 Å². The number of ether oxygens (including phenoxy) is 1. The molecule has 0 bridgehead atoms. The third kappa shape index (κ3) is 2.76. The van der Waals surface area contributed by atoms with Gasteiger partial charge in [-0.2, -0.15) is 0 Å². The van der Waals surface area contributed by atoms with E-state index in [-0.39, 0.29) is 5.92 Å². The number of rotatable bonds is 5. The molecule has 0 saturated carbocycles. The van der Waals surface area contributed by atoms with E-state index < -0.39 is 5.60 Å². The molecule has 1 N–H and O–H groups in total. The monoisotopic (exact) mass is 248 g/mol. The molecule has 0 heterocycles. The lowest BCUT2D eigenvalue weighted by molar-refractivity contribution is -0.0637. The molecule has 100 valence electrons. The molecule has 0 fully saturated rings. The van der Waals surface area contributed by atoms with E-state index in [0.717, 1.165) is 0 Å². The Bertz CT molecular complexity index is 412. The van der Waals surface area contributed by atoms with Gasteiger partial charge in [-0.3, -0.25) is 0 Å². The quantitative estimate of drug-likeness (QED) is 0.868. The van der Waals surface area contributed by atoms with Crippen LogP contribution in [-0.2, 0) is 24.0 Å². The molecule has 0 aromatic heterocycles. The van der Waals surface area contributed by atoms with E-state index in [1.54, 1.807) is 7.11 Å². The number of hydrogen-bond acceptors (Lipinski definition) is 2. The maximum Gasteiger partial charge on any atom is 0.0942 e. The van der Waals surface area contributed by atoms with Crippen molar-refractivity contribution in [2.75, 3.05) is 13.7 Å². The molecule has 1 unspecified atom stereocenters. The topological polar surface area (TPSA) is 29.5 Å². The first-order valence-corrected chi connectivity index (χ1v) is 6.87. The van der Waals surface area contributed by atoms with Crippen LogP contribution in [0.3, 0.4) is 0 Å². The molecular weight excluding hydrogens is 224 g/mol. The van der Waals surface area contributed by atoms with Gasteiger partial charge in [-0.1, -0.05) is 32.0 Å². The highest BCUT2D eigenvalue weighted by molar-refractivity contribution is 5.35. The predicted molar refractivity (Wildman–Crippen MR) is 73.8 cm³/mol. The first kappa shape index (κ1) is 13.6. The molecule has 1 aliphatic carbocycles. The lowest BCUT2D eigenvalue weighted by Crippen LogP contribution is -2.42. The minimum atomic E-state index is -0.762. The zero-order valence-electron chi connectivity index (χ0n) is 11.7. The van der Waals surface area contributed by atoms with Gasteiger partial charge in [0.1, 0.15) is 0 Å². The third-order valence-corrected chi connectivity index (χ3v) is 4.14. The largest absolute Gasteiger partial charge is 0.387 e. The number of benzene rings is 1. The van der Waals surface area contributed by atoms with Crippen molar-refractivity contribution in [2.24, 2.45) is 5.92 Å². The SMILES string of the molecule is COCC(O)(Cc1ccc2c(c1)CCC2)C(C)C. The zero-order valence-corrected chi connectivity index (χ0v) is 11.7. The van der Waals surface area contributed by atoms with E-state index in [2.05, 4.69) is 18.2 Å². The second kappa shape index (κ2) is 5.41. The van der Waals surface area contributed by atoms with E-state index in [0.29, 0.717) is 13.0 Å². The summed E-state index contributed by atoms with van der Waals surface area (Å²) < 4.78 is 5.18. The standard InChI is InChI=1S/C16H24O2/c1-12(2)16(17,11-18-3)10-13-7-8-14-5-4-6-15(14)9-13/h7-9,12,17H,4-6,10-11H2,1-3H3. The van der Waals surface area contributed by atoms with Gasteiger partial charge >= 0.3 is 0 Å². The van der Waals surface area contributed by atoms with Gasteiger partial charge in [-0.05, 0) is 41.9 Å². The summed E-state index contributed by atoms with van der Waals surface area (Å²) in [5.74, 6) is 0.186. The highest BCUT2D eigenvalue weighted by Crippen LogP contribution is 2.27. The van der Waals surface area contributed by atoms with Crippen LogP contribution in [0, 0.1) is 5.92 Å². The fraction of sp³-hybridized carbons (Fsp3) is 0.625. The van der Waals surface area contributed by atoms with Crippen molar-refractivity contribution in [3.8, 4) is 0 Å². The molecule has 1 aromatic rings. The number of methoxy groups -OCH3 is 1. The van der Waals surface area contributed by atoms with Gasteiger partial charge in [0.2, 0.25) is 0 Å². The Hall–Kier alpha value is -0.860. The van der Waals surface area contributed by atoms with Crippen LogP contribution < -0.4 is 0 Å². The zero-order chi connectivity index (χ0) is 13.2. The van der Waals surface area contributed by atoms with Crippen LogP contribution in [0.1, 0.15) is 37.0 Å². The molecule has 1 aliphatic rings. The molecule has 0 aliphatic heterocycles. The summed E-state index contributed by atoms with van der Waals surface area (Å²) in [5, 5.41) is 10.7. The molecule has 0 saturated heterocycles. The van der Waals surface area contributed by atoms with Crippen LogP contribution in [0.2, 0.25) is 0 Å². The van der Waals surface area contributed by atoms with Crippen LogP contribution in [0.4, 0.5) is 0 Å². The van der Waals surface area contributed by atoms with Crippen LogP contribution in [0.15, 0.2) is 18.2 Å². The summed E-state index contributed by atoms with van der Waals surface area (Å²) in [6.45, 7) is 4.49. The lowest BCUT2D eigenvalue weighted by atomic mass is 9.84. The highest BCUT2D eigenvalue weighted by atomic mass is 16.5. The Morgan fingerprint density at radius 3 is 2.67 bits per heavy atom. The van der Waals surface area contributed by atoms with Gasteiger partial charge in [0.25, 0.3) is 0 Å². The average molecular weight is 248 g/mol. The van der Waals surface area contributed by atoms with Crippen molar-refractivity contribution >= 4 is 0 Å².